The summed E-state index contributed by atoms with van der Waals surface area (Å²) in [7, 11) is 0. The van der Waals surface area contributed by atoms with Gasteiger partial charge < -0.3 is 4.42 Å². The standard InChI is InChI=1S/C18H15NO.C2H6/c1-11-7-16(19-10-11)14-9-15-13-5-3-4-6-17(13)20-18(15)8-12(14)2;1-2/h3-10,16H,1-2H3;1-2H3. The largest absolute Gasteiger partial charge is 0.456 e. The molecule has 1 atom stereocenters. The van der Waals surface area contributed by atoms with Crippen LogP contribution >= 0.6 is 0 Å². The minimum atomic E-state index is 0.146. The molecule has 2 nitrogen and oxygen atoms in total. The molecule has 1 aliphatic heterocycles. The molecule has 0 fully saturated rings. The molecule has 0 saturated carbocycles. The van der Waals surface area contributed by atoms with Crippen LogP contribution in [-0.4, -0.2) is 6.21 Å². The molecule has 22 heavy (non-hydrogen) atoms. The summed E-state index contributed by atoms with van der Waals surface area (Å²) in [4.78, 5) is 4.57. The highest BCUT2D eigenvalue weighted by molar-refractivity contribution is 6.05. The molecule has 0 aliphatic carbocycles. The van der Waals surface area contributed by atoms with Crippen molar-refractivity contribution in [3.05, 3.63) is 59.2 Å². The first kappa shape index (κ1) is 14.6. The summed E-state index contributed by atoms with van der Waals surface area (Å²) in [5.74, 6) is 0. The quantitative estimate of drug-likeness (QED) is 0.540. The van der Waals surface area contributed by atoms with Gasteiger partial charge >= 0.3 is 0 Å². The molecule has 0 amide bonds. The third kappa shape index (κ3) is 2.35. The van der Waals surface area contributed by atoms with E-state index >= 15 is 0 Å². The Hall–Kier alpha value is -2.35. The van der Waals surface area contributed by atoms with Crippen LogP contribution in [0, 0.1) is 6.92 Å². The van der Waals surface area contributed by atoms with Gasteiger partial charge in [-0.05, 0) is 48.7 Å². The minimum Gasteiger partial charge on any atom is -0.456 e. The lowest BCUT2D eigenvalue weighted by atomic mass is 9.98. The van der Waals surface area contributed by atoms with Gasteiger partial charge in [0.1, 0.15) is 11.2 Å². The number of para-hydroxylation sites is 1. The van der Waals surface area contributed by atoms with Crippen LogP contribution in [0.2, 0.25) is 0 Å². The van der Waals surface area contributed by atoms with E-state index in [0.29, 0.717) is 0 Å². The van der Waals surface area contributed by atoms with Gasteiger partial charge in [0, 0.05) is 17.0 Å². The van der Waals surface area contributed by atoms with E-state index in [2.05, 4.69) is 49.2 Å². The molecule has 1 aromatic heterocycles. The van der Waals surface area contributed by atoms with Crippen molar-refractivity contribution in [2.45, 2.75) is 33.7 Å². The highest BCUT2D eigenvalue weighted by Crippen LogP contribution is 2.35. The number of nitrogens with zero attached hydrogens (tertiary/aromatic N) is 1. The highest BCUT2D eigenvalue weighted by atomic mass is 16.3. The third-order valence-corrected chi connectivity index (χ3v) is 3.94. The second-order valence-electron chi connectivity index (χ2n) is 5.44. The first-order chi connectivity index (χ1) is 10.7. The Labute approximate surface area is 131 Å². The van der Waals surface area contributed by atoms with Crippen LogP contribution in [0.15, 0.2) is 57.5 Å². The molecule has 0 saturated heterocycles. The summed E-state index contributed by atoms with van der Waals surface area (Å²) in [6, 6.07) is 12.7. The lowest BCUT2D eigenvalue weighted by Crippen LogP contribution is -1.93. The second-order valence-corrected chi connectivity index (χ2v) is 5.44. The number of hydrogen-bond donors (Lipinski definition) is 0. The second kappa shape index (κ2) is 5.80. The molecular weight excluding hydrogens is 270 g/mol. The first-order valence-electron chi connectivity index (χ1n) is 7.86. The van der Waals surface area contributed by atoms with E-state index in [1.165, 1.54) is 27.5 Å². The van der Waals surface area contributed by atoms with E-state index in [9.17, 15) is 0 Å². The van der Waals surface area contributed by atoms with Gasteiger partial charge in [0.2, 0.25) is 0 Å². The molecule has 4 rings (SSSR count). The van der Waals surface area contributed by atoms with Gasteiger partial charge in [-0.2, -0.15) is 0 Å². The van der Waals surface area contributed by atoms with Gasteiger partial charge in [0.25, 0.3) is 0 Å². The maximum absolute atomic E-state index is 5.92. The average molecular weight is 291 g/mol. The lowest BCUT2D eigenvalue weighted by Gasteiger charge is -2.09. The summed E-state index contributed by atoms with van der Waals surface area (Å²) < 4.78 is 5.92. The topological polar surface area (TPSA) is 25.5 Å². The van der Waals surface area contributed by atoms with Gasteiger partial charge in [-0.25, -0.2) is 0 Å². The Morgan fingerprint density at radius 3 is 2.45 bits per heavy atom. The van der Waals surface area contributed by atoms with Gasteiger partial charge in [-0.15, -0.1) is 0 Å². The molecule has 3 aromatic rings. The molecule has 0 bridgehead atoms. The summed E-state index contributed by atoms with van der Waals surface area (Å²) in [6.45, 7) is 8.21. The van der Waals surface area contributed by atoms with Crippen molar-refractivity contribution >= 4 is 28.2 Å². The van der Waals surface area contributed by atoms with Crippen molar-refractivity contribution in [1.29, 1.82) is 0 Å². The van der Waals surface area contributed by atoms with Crippen molar-refractivity contribution < 1.29 is 4.42 Å². The maximum Gasteiger partial charge on any atom is 0.135 e. The maximum atomic E-state index is 5.92. The number of fused-ring (bicyclic) bond motifs is 3. The Morgan fingerprint density at radius 1 is 0.955 bits per heavy atom. The van der Waals surface area contributed by atoms with Crippen LogP contribution in [0.5, 0.6) is 0 Å². The average Bonchev–Trinajstić information content (AvgIpc) is 3.11. The predicted molar refractivity (Wildman–Crippen MR) is 94.8 cm³/mol. The van der Waals surface area contributed by atoms with Gasteiger partial charge in [0.05, 0.1) is 6.04 Å². The van der Waals surface area contributed by atoms with Gasteiger partial charge in [-0.1, -0.05) is 38.1 Å². The SMILES string of the molecule is CC.CC1=CC(c2cc3c(cc2C)oc2ccccc23)N=C1. The van der Waals surface area contributed by atoms with E-state index < -0.39 is 0 Å². The molecule has 1 aliphatic rings. The third-order valence-electron chi connectivity index (χ3n) is 3.94. The zero-order valence-electron chi connectivity index (χ0n) is 13.6. The van der Waals surface area contributed by atoms with Crippen LogP contribution in [0.3, 0.4) is 0 Å². The Kier molecular flexibility index (Phi) is 3.84. The van der Waals surface area contributed by atoms with Crippen molar-refractivity contribution in [3.8, 4) is 0 Å². The van der Waals surface area contributed by atoms with Crippen molar-refractivity contribution in [3.63, 3.8) is 0 Å². The number of benzene rings is 2. The first-order valence-corrected chi connectivity index (χ1v) is 7.86. The zero-order chi connectivity index (χ0) is 15.7. The van der Waals surface area contributed by atoms with E-state index in [-0.39, 0.29) is 6.04 Å². The molecule has 0 radical (unpaired) electrons. The van der Waals surface area contributed by atoms with Gasteiger partial charge in [0.15, 0.2) is 0 Å². The number of aryl methyl sites for hydroxylation is 1. The van der Waals surface area contributed by atoms with Crippen molar-refractivity contribution in [2.24, 2.45) is 4.99 Å². The van der Waals surface area contributed by atoms with Crippen molar-refractivity contribution in [2.75, 3.05) is 0 Å². The molecule has 2 aromatic carbocycles. The normalized spacial score (nSPS) is 16.7. The molecule has 0 spiro atoms. The van der Waals surface area contributed by atoms with E-state index in [4.69, 9.17) is 4.42 Å². The lowest BCUT2D eigenvalue weighted by molar-refractivity contribution is 0.668. The smallest absolute Gasteiger partial charge is 0.135 e. The van der Waals surface area contributed by atoms with Crippen molar-refractivity contribution in [1.82, 2.24) is 0 Å². The Morgan fingerprint density at radius 2 is 1.73 bits per heavy atom. The summed E-state index contributed by atoms with van der Waals surface area (Å²) >= 11 is 0. The molecular formula is C20H21NO. The fourth-order valence-electron chi connectivity index (χ4n) is 2.91. The number of allylic oxidation sites excluding steroid dienone is 1. The number of rotatable bonds is 1. The summed E-state index contributed by atoms with van der Waals surface area (Å²) in [5.41, 5.74) is 5.61. The Balaban J connectivity index is 0.000000693. The van der Waals surface area contributed by atoms with Crippen LogP contribution in [0.1, 0.15) is 37.9 Å². The summed E-state index contributed by atoms with van der Waals surface area (Å²) in [5, 5.41) is 2.35. The van der Waals surface area contributed by atoms with E-state index in [1.807, 2.05) is 32.2 Å². The molecule has 112 valence electrons. The minimum absolute atomic E-state index is 0.146. The number of furan rings is 1. The van der Waals surface area contributed by atoms with Crippen LogP contribution in [0.25, 0.3) is 21.9 Å². The van der Waals surface area contributed by atoms with Gasteiger partial charge in [-0.3, -0.25) is 4.99 Å². The predicted octanol–water partition coefficient (Wildman–Crippen LogP) is 5.99. The fraction of sp³-hybridized carbons (Fsp3) is 0.250. The summed E-state index contributed by atoms with van der Waals surface area (Å²) in [6.07, 6.45) is 4.15. The molecule has 0 N–H and O–H groups in total. The zero-order valence-corrected chi connectivity index (χ0v) is 13.6. The molecule has 2 heterocycles. The van der Waals surface area contributed by atoms with E-state index in [0.717, 1.165) is 11.2 Å². The Bertz CT molecular complexity index is 883. The number of aliphatic imine (C=N–C) groups is 1. The van der Waals surface area contributed by atoms with Crippen LogP contribution in [-0.2, 0) is 0 Å². The van der Waals surface area contributed by atoms with Crippen LogP contribution in [0.4, 0.5) is 0 Å². The fourth-order valence-corrected chi connectivity index (χ4v) is 2.91. The molecule has 1 unspecified atom stereocenters. The number of hydrogen-bond acceptors (Lipinski definition) is 2. The molecule has 2 heteroatoms. The highest BCUT2D eigenvalue weighted by Gasteiger charge is 2.16. The monoisotopic (exact) mass is 291 g/mol. The van der Waals surface area contributed by atoms with E-state index in [1.54, 1.807) is 0 Å². The van der Waals surface area contributed by atoms with Crippen LogP contribution < -0.4 is 0 Å².